The summed E-state index contributed by atoms with van der Waals surface area (Å²) >= 11 is 0. The molecule has 7 nitrogen and oxygen atoms in total. The van der Waals surface area contributed by atoms with E-state index < -0.39 is 16.2 Å². The third-order valence-corrected chi connectivity index (χ3v) is 5.11. The number of carbonyl (C=O) groups excluding carboxylic acids is 1. The topological polar surface area (TPSA) is 94.1 Å². The number of methoxy groups -OCH3 is 2. The number of rotatable bonds is 4. The summed E-state index contributed by atoms with van der Waals surface area (Å²) in [6.45, 7) is 5.47. The van der Waals surface area contributed by atoms with Crippen LogP contribution in [0.3, 0.4) is 0 Å². The number of hydrogen-bond donors (Lipinski definition) is 1. The lowest BCUT2D eigenvalue weighted by molar-refractivity contribution is -0.121. The Kier molecular flexibility index (Phi) is 5.84. The van der Waals surface area contributed by atoms with Gasteiger partial charge in [0.1, 0.15) is 16.4 Å². The van der Waals surface area contributed by atoms with Crippen LogP contribution in [0.15, 0.2) is 39.9 Å². The lowest BCUT2D eigenvalue weighted by atomic mass is 9.86. The predicted molar refractivity (Wildman–Crippen MR) is 95.3 cm³/mol. The van der Waals surface area contributed by atoms with E-state index in [0.29, 0.717) is 23.5 Å². The second-order valence-corrected chi connectivity index (χ2v) is 6.94. The van der Waals surface area contributed by atoms with Gasteiger partial charge in [-0.25, -0.2) is 5.43 Å². The van der Waals surface area contributed by atoms with Crippen molar-refractivity contribution in [1.29, 1.82) is 0 Å². The van der Waals surface area contributed by atoms with Gasteiger partial charge in [0.15, 0.2) is 0 Å². The van der Waals surface area contributed by atoms with E-state index in [4.69, 9.17) is 9.47 Å². The van der Waals surface area contributed by atoms with Gasteiger partial charge in [-0.15, -0.1) is 0 Å². The van der Waals surface area contributed by atoms with Crippen LogP contribution in [0, 0.1) is 11.8 Å². The van der Waals surface area contributed by atoms with Crippen LogP contribution >= 0.6 is 0 Å². The maximum absolute atomic E-state index is 11.8. The first-order valence-electron chi connectivity index (χ1n) is 7.82. The first-order valence-corrected chi connectivity index (χ1v) is 8.89. The quantitative estimate of drug-likeness (QED) is 0.762. The van der Waals surface area contributed by atoms with Crippen LogP contribution in [0.2, 0.25) is 0 Å². The van der Waals surface area contributed by atoms with Crippen molar-refractivity contribution >= 4 is 26.8 Å². The second kappa shape index (κ2) is 7.69. The molecule has 0 aromatic carbocycles. The van der Waals surface area contributed by atoms with Crippen LogP contribution in [0.25, 0.3) is 0 Å². The molecule has 2 aliphatic rings. The number of allylic oxidation sites excluding steroid dienone is 5. The van der Waals surface area contributed by atoms with E-state index in [1.807, 2.05) is 13.8 Å². The number of amides is 1. The van der Waals surface area contributed by atoms with Gasteiger partial charge >= 0.3 is 0 Å². The maximum Gasteiger partial charge on any atom is 0.240 e. The number of hydrazone groups is 1. The van der Waals surface area contributed by atoms with Crippen molar-refractivity contribution < 1.29 is 22.7 Å². The van der Waals surface area contributed by atoms with Crippen molar-refractivity contribution in [2.75, 3.05) is 14.2 Å². The van der Waals surface area contributed by atoms with Crippen molar-refractivity contribution in [2.24, 2.45) is 16.9 Å². The average Bonchev–Trinajstić information content (AvgIpc) is 2.56. The first-order chi connectivity index (χ1) is 11.8. The molecule has 8 heteroatoms. The Balaban J connectivity index is 2.52. The minimum atomic E-state index is -2.46. The Bertz CT molecular complexity index is 838. The van der Waals surface area contributed by atoms with Crippen LogP contribution in [0.4, 0.5) is 0 Å². The second-order valence-electron chi connectivity index (χ2n) is 6.04. The number of nitrogens with zero attached hydrogens (tertiary/aromatic N) is 1. The molecule has 1 N–H and O–H groups in total. The van der Waals surface area contributed by atoms with Gasteiger partial charge in [0.2, 0.25) is 16.2 Å². The van der Waals surface area contributed by atoms with E-state index in [1.165, 1.54) is 14.2 Å². The summed E-state index contributed by atoms with van der Waals surface area (Å²) in [6, 6.07) is 0. The Morgan fingerprint density at radius 1 is 1.36 bits per heavy atom. The lowest BCUT2D eigenvalue weighted by Crippen LogP contribution is -2.31. The zero-order chi connectivity index (χ0) is 18.7. The highest BCUT2D eigenvalue weighted by Gasteiger charge is 2.31. The normalized spacial score (nSPS) is 24.4. The highest BCUT2D eigenvalue weighted by atomic mass is 32.2. The monoisotopic (exact) mass is 366 g/mol. The van der Waals surface area contributed by atoms with Gasteiger partial charge in [-0.05, 0) is 26.0 Å². The Hall–Kier alpha value is -2.35. The minimum absolute atomic E-state index is 0.0430. The van der Waals surface area contributed by atoms with Crippen molar-refractivity contribution in [1.82, 2.24) is 5.43 Å². The largest absolute Gasteiger partial charge is 0.497 e. The average molecular weight is 366 g/mol. The number of carbonyl (C=O) groups is 1. The Morgan fingerprint density at radius 2 is 2.04 bits per heavy atom. The molecular formula is C17H22N2O5S. The molecule has 0 saturated carbocycles. The molecule has 0 spiro atoms. The van der Waals surface area contributed by atoms with E-state index in [2.05, 4.69) is 10.5 Å². The van der Waals surface area contributed by atoms with E-state index in [1.54, 1.807) is 19.1 Å². The van der Waals surface area contributed by atoms with Crippen LogP contribution in [0.1, 0.15) is 27.2 Å². The lowest BCUT2D eigenvalue weighted by Gasteiger charge is -2.25. The molecule has 0 fully saturated rings. The number of ether oxygens (including phenoxy) is 2. The van der Waals surface area contributed by atoms with E-state index in [-0.39, 0.29) is 22.4 Å². The Labute approximate surface area is 148 Å². The first kappa shape index (κ1) is 19.0. The van der Waals surface area contributed by atoms with Crippen molar-refractivity contribution in [2.45, 2.75) is 27.2 Å². The standard InChI is InChI=1S/C17H22N2O5S/c1-9(6-13-10(2)7-15(20)19-18-13)12-8-14(23-4)11(3)16(24-5)17(12)25(21)22/h6,8,10,12H,7H2,1-5H3,(H,19,20). The summed E-state index contributed by atoms with van der Waals surface area (Å²) in [5.74, 6) is 0.153. The molecule has 2 unspecified atom stereocenters. The van der Waals surface area contributed by atoms with E-state index in [9.17, 15) is 13.2 Å². The van der Waals surface area contributed by atoms with E-state index >= 15 is 0 Å². The molecule has 0 saturated heterocycles. The van der Waals surface area contributed by atoms with Crippen LogP contribution < -0.4 is 5.43 Å². The van der Waals surface area contributed by atoms with Crippen molar-refractivity contribution in [3.05, 3.63) is 34.8 Å². The molecule has 0 aromatic heterocycles. The maximum atomic E-state index is 11.8. The summed E-state index contributed by atoms with van der Waals surface area (Å²) in [4.78, 5) is 11.5. The SMILES string of the molecule is COC1=CC(C(C)=CC2=NNC(=O)CC2C)C(=S(=O)=O)C(OC)=C1C. The fourth-order valence-corrected chi connectivity index (χ4v) is 3.79. The number of hydrogen-bond acceptors (Lipinski definition) is 6. The van der Waals surface area contributed by atoms with Crippen molar-refractivity contribution in [3.63, 3.8) is 0 Å². The van der Waals surface area contributed by atoms with Gasteiger partial charge in [0, 0.05) is 23.8 Å². The van der Waals surface area contributed by atoms with E-state index in [0.717, 1.165) is 5.57 Å². The number of nitrogens with one attached hydrogen (secondary N) is 1. The van der Waals surface area contributed by atoms with Gasteiger partial charge in [-0.2, -0.15) is 13.5 Å². The molecule has 2 atom stereocenters. The molecule has 1 aliphatic carbocycles. The van der Waals surface area contributed by atoms with Crippen LogP contribution in [0.5, 0.6) is 0 Å². The van der Waals surface area contributed by atoms with Gasteiger partial charge in [-0.3, -0.25) is 4.79 Å². The molecule has 0 bridgehead atoms. The third kappa shape index (κ3) is 3.84. The summed E-state index contributed by atoms with van der Waals surface area (Å²) < 4.78 is 34.4. The molecule has 1 heterocycles. The fourth-order valence-electron chi connectivity index (χ4n) is 2.95. The van der Waals surface area contributed by atoms with Crippen LogP contribution in [-0.4, -0.2) is 39.1 Å². The zero-order valence-corrected chi connectivity index (χ0v) is 15.7. The predicted octanol–water partition coefficient (Wildman–Crippen LogP) is 1.58. The highest BCUT2D eigenvalue weighted by molar-refractivity contribution is 7.73. The van der Waals surface area contributed by atoms with Gasteiger partial charge < -0.3 is 9.47 Å². The van der Waals surface area contributed by atoms with Gasteiger partial charge in [0.25, 0.3) is 0 Å². The molecule has 1 aliphatic heterocycles. The molecule has 25 heavy (non-hydrogen) atoms. The highest BCUT2D eigenvalue weighted by Crippen LogP contribution is 2.31. The van der Waals surface area contributed by atoms with Crippen LogP contribution in [-0.2, 0) is 24.6 Å². The molecular weight excluding hydrogens is 344 g/mol. The van der Waals surface area contributed by atoms with Crippen molar-refractivity contribution in [3.8, 4) is 0 Å². The summed E-state index contributed by atoms with van der Waals surface area (Å²) in [5, 5.41) is 4.07. The molecule has 0 aromatic rings. The minimum Gasteiger partial charge on any atom is -0.497 e. The molecule has 2 rings (SSSR count). The third-order valence-electron chi connectivity index (χ3n) is 4.31. The summed E-state index contributed by atoms with van der Waals surface area (Å²) in [5.41, 5.74) is 4.54. The smallest absolute Gasteiger partial charge is 0.240 e. The molecule has 0 radical (unpaired) electrons. The fraction of sp³-hybridized carbons (Fsp3) is 0.471. The zero-order valence-electron chi connectivity index (χ0n) is 14.9. The van der Waals surface area contributed by atoms with Gasteiger partial charge in [-0.1, -0.05) is 12.5 Å². The summed E-state index contributed by atoms with van der Waals surface area (Å²) in [6.07, 6.45) is 3.90. The van der Waals surface area contributed by atoms with Gasteiger partial charge in [0.05, 0.1) is 19.9 Å². The Morgan fingerprint density at radius 3 is 2.56 bits per heavy atom. The summed E-state index contributed by atoms with van der Waals surface area (Å²) in [7, 11) is 0.504. The molecule has 1 amide bonds. The molecule has 136 valence electrons.